The minimum atomic E-state index is -0.0620. The third-order valence-corrected chi connectivity index (χ3v) is 5.28. The smallest absolute Gasteiger partial charge is 0.251 e. The highest BCUT2D eigenvalue weighted by Gasteiger charge is 2.07. The molecular formula is C25H38IN5O. The van der Waals surface area contributed by atoms with Crippen molar-refractivity contribution in [2.45, 2.75) is 40.3 Å². The van der Waals surface area contributed by atoms with Crippen LogP contribution in [0.2, 0.25) is 0 Å². The van der Waals surface area contributed by atoms with Crippen LogP contribution in [0.25, 0.3) is 0 Å². The molecule has 0 spiro atoms. The van der Waals surface area contributed by atoms with E-state index in [1.165, 1.54) is 11.1 Å². The van der Waals surface area contributed by atoms with Gasteiger partial charge in [-0.15, -0.1) is 24.0 Å². The van der Waals surface area contributed by atoms with E-state index in [9.17, 15) is 4.79 Å². The molecule has 0 aliphatic carbocycles. The van der Waals surface area contributed by atoms with Crippen molar-refractivity contribution in [2.24, 2.45) is 4.99 Å². The van der Waals surface area contributed by atoms with Gasteiger partial charge in [0, 0.05) is 32.2 Å². The minimum Gasteiger partial charge on any atom is -0.357 e. The third-order valence-electron chi connectivity index (χ3n) is 5.28. The molecule has 0 bridgehead atoms. The molecule has 0 saturated heterocycles. The zero-order valence-electron chi connectivity index (χ0n) is 19.8. The van der Waals surface area contributed by atoms with Crippen LogP contribution in [0.15, 0.2) is 53.5 Å². The van der Waals surface area contributed by atoms with E-state index >= 15 is 0 Å². The molecule has 0 aliphatic rings. The van der Waals surface area contributed by atoms with Gasteiger partial charge in [-0.05, 0) is 55.3 Å². The van der Waals surface area contributed by atoms with Crippen molar-refractivity contribution in [3.63, 3.8) is 0 Å². The van der Waals surface area contributed by atoms with Gasteiger partial charge >= 0.3 is 0 Å². The number of guanidine groups is 1. The molecular weight excluding hydrogens is 513 g/mol. The number of nitrogens with zero attached hydrogens (tertiary/aromatic N) is 2. The van der Waals surface area contributed by atoms with Gasteiger partial charge in [0.15, 0.2) is 5.96 Å². The lowest BCUT2D eigenvalue weighted by Gasteiger charge is -2.20. The number of carbonyl (C=O) groups is 1. The second-order valence-electron chi connectivity index (χ2n) is 7.38. The molecule has 2 aromatic carbocycles. The highest BCUT2D eigenvalue weighted by atomic mass is 127. The maximum Gasteiger partial charge on any atom is 0.251 e. The first kappa shape index (κ1) is 27.9. The zero-order valence-corrected chi connectivity index (χ0v) is 22.1. The van der Waals surface area contributed by atoms with E-state index in [-0.39, 0.29) is 29.9 Å². The molecule has 7 heteroatoms. The largest absolute Gasteiger partial charge is 0.357 e. The topological polar surface area (TPSA) is 68.8 Å². The van der Waals surface area contributed by atoms with Crippen LogP contribution < -0.4 is 16.0 Å². The minimum absolute atomic E-state index is 0. The van der Waals surface area contributed by atoms with Crippen LogP contribution in [0.1, 0.15) is 47.8 Å². The molecule has 0 atom stereocenters. The van der Waals surface area contributed by atoms with Gasteiger partial charge in [0.25, 0.3) is 5.91 Å². The van der Waals surface area contributed by atoms with Crippen LogP contribution in [-0.2, 0) is 19.5 Å². The van der Waals surface area contributed by atoms with Crippen molar-refractivity contribution in [3.05, 3.63) is 70.8 Å². The summed E-state index contributed by atoms with van der Waals surface area (Å²) in [5, 5.41) is 9.41. The summed E-state index contributed by atoms with van der Waals surface area (Å²) < 4.78 is 0. The number of amides is 1. The van der Waals surface area contributed by atoms with E-state index in [1.54, 1.807) is 7.05 Å². The van der Waals surface area contributed by atoms with E-state index in [0.717, 1.165) is 50.7 Å². The predicted octanol–water partition coefficient (Wildman–Crippen LogP) is 3.80. The summed E-state index contributed by atoms with van der Waals surface area (Å²) in [4.78, 5) is 19.0. The molecule has 0 radical (unpaired) electrons. The first-order chi connectivity index (χ1) is 15.1. The van der Waals surface area contributed by atoms with Gasteiger partial charge in [-0.1, -0.05) is 50.2 Å². The molecule has 0 aliphatic heterocycles. The van der Waals surface area contributed by atoms with Crippen molar-refractivity contribution >= 4 is 35.8 Å². The summed E-state index contributed by atoms with van der Waals surface area (Å²) in [6.45, 7) is 11.7. The van der Waals surface area contributed by atoms with Gasteiger partial charge in [0.1, 0.15) is 0 Å². The molecule has 1 amide bonds. The van der Waals surface area contributed by atoms with Crippen molar-refractivity contribution < 1.29 is 4.79 Å². The van der Waals surface area contributed by atoms with Gasteiger partial charge in [-0.3, -0.25) is 9.69 Å². The summed E-state index contributed by atoms with van der Waals surface area (Å²) in [6.07, 6.45) is 0.813. The highest BCUT2D eigenvalue weighted by Crippen LogP contribution is 2.13. The Bertz CT molecular complexity index is 852. The lowest BCUT2D eigenvalue weighted by molar-refractivity contribution is 0.0963. The Kier molecular flexibility index (Phi) is 13.6. The summed E-state index contributed by atoms with van der Waals surface area (Å²) in [6, 6.07) is 16.3. The summed E-state index contributed by atoms with van der Waals surface area (Å²) in [5.41, 5.74) is 4.39. The highest BCUT2D eigenvalue weighted by molar-refractivity contribution is 14.0. The Balaban J connectivity index is 0.00000512. The average molecular weight is 552 g/mol. The average Bonchev–Trinajstić information content (AvgIpc) is 2.81. The molecule has 6 nitrogen and oxygen atoms in total. The van der Waals surface area contributed by atoms with Crippen LogP contribution in [0.5, 0.6) is 0 Å². The number of rotatable bonds is 11. The van der Waals surface area contributed by atoms with Gasteiger partial charge in [0.2, 0.25) is 0 Å². The lowest BCUT2D eigenvalue weighted by Crippen LogP contribution is -2.38. The Morgan fingerprint density at radius 2 is 1.69 bits per heavy atom. The quantitative estimate of drug-likeness (QED) is 0.226. The number of hydrogen-bond acceptors (Lipinski definition) is 3. The Labute approximate surface area is 210 Å². The normalized spacial score (nSPS) is 11.1. The van der Waals surface area contributed by atoms with Crippen LogP contribution in [0.4, 0.5) is 0 Å². The van der Waals surface area contributed by atoms with Crippen molar-refractivity contribution in [1.82, 2.24) is 20.9 Å². The second kappa shape index (κ2) is 15.6. The van der Waals surface area contributed by atoms with E-state index in [0.29, 0.717) is 12.1 Å². The molecule has 0 unspecified atom stereocenters. The predicted molar refractivity (Wildman–Crippen MR) is 145 cm³/mol. The Morgan fingerprint density at radius 1 is 0.969 bits per heavy atom. The summed E-state index contributed by atoms with van der Waals surface area (Å²) in [7, 11) is 1.65. The van der Waals surface area contributed by atoms with Crippen molar-refractivity contribution in [2.75, 3.05) is 33.2 Å². The summed E-state index contributed by atoms with van der Waals surface area (Å²) >= 11 is 0. The van der Waals surface area contributed by atoms with E-state index in [4.69, 9.17) is 4.99 Å². The number of nitrogens with one attached hydrogen (secondary N) is 3. The third kappa shape index (κ3) is 9.16. The monoisotopic (exact) mass is 551 g/mol. The molecule has 0 saturated carbocycles. The van der Waals surface area contributed by atoms with Gasteiger partial charge in [-0.2, -0.15) is 0 Å². The van der Waals surface area contributed by atoms with E-state index < -0.39 is 0 Å². The summed E-state index contributed by atoms with van der Waals surface area (Å²) in [5.74, 6) is 0.746. The van der Waals surface area contributed by atoms with Crippen LogP contribution in [0, 0.1) is 0 Å². The fraction of sp³-hybridized carbons (Fsp3) is 0.440. The molecule has 2 aromatic rings. The number of halogens is 1. The lowest BCUT2D eigenvalue weighted by atomic mass is 10.1. The van der Waals surface area contributed by atoms with Gasteiger partial charge in [-0.25, -0.2) is 4.99 Å². The standard InChI is InChI=1S/C25H37N5O.HI/c1-5-27-25(28-16-15-20-11-10-14-21(17-20)24(31)26-4)29-18-22-12-8-9-13-23(22)19-30(6-2)7-3;/h8-14,17H,5-7,15-16,18-19H2,1-4H3,(H,26,31)(H2,27,28,29);1H. The molecule has 0 heterocycles. The molecule has 32 heavy (non-hydrogen) atoms. The zero-order chi connectivity index (χ0) is 22.5. The number of benzene rings is 2. The molecule has 176 valence electrons. The van der Waals surface area contributed by atoms with E-state index in [2.05, 4.69) is 65.9 Å². The fourth-order valence-corrected chi connectivity index (χ4v) is 3.40. The Morgan fingerprint density at radius 3 is 2.34 bits per heavy atom. The van der Waals surface area contributed by atoms with Gasteiger partial charge in [0.05, 0.1) is 6.54 Å². The number of aliphatic imine (C=N–C) groups is 1. The second-order valence-corrected chi connectivity index (χ2v) is 7.38. The van der Waals surface area contributed by atoms with Crippen LogP contribution >= 0.6 is 24.0 Å². The molecule has 0 fully saturated rings. The maximum atomic E-state index is 11.8. The maximum absolute atomic E-state index is 11.8. The molecule has 0 aromatic heterocycles. The van der Waals surface area contributed by atoms with Crippen LogP contribution in [0.3, 0.4) is 0 Å². The van der Waals surface area contributed by atoms with Crippen molar-refractivity contribution in [1.29, 1.82) is 0 Å². The number of carbonyl (C=O) groups excluding carboxylic acids is 1. The number of hydrogen-bond donors (Lipinski definition) is 3. The fourth-order valence-electron chi connectivity index (χ4n) is 3.40. The first-order valence-electron chi connectivity index (χ1n) is 11.2. The van der Waals surface area contributed by atoms with Gasteiger partial charge < -0.3 is 16.0 Å². The van der Waals surface area contributed by atoms with Crippen LogP contribution in [-0.4, -0.2) is 50.0 Å². The SMILES string of the molecule is CCNC(=NCc1ccccc1CN(CC)CC)NCCc1cccc(C(=O)NC)c1.I. The Hall–Kier alpha value is -2.13. The first-order valence-corrected chi connectivity index (χ1v) is 11.2. The van der Waals surface area contributed by atoms with E-state index in [1.807, 2.05) is 24.3 Å². The molecule has 3 N–H and O–H groups in total. The van der Waals surface area contributed by atoms with Crippen molar-refractivity contribution in [3.8, 4) is 0 Å². The molecule has 2 rings (SSSR count).